The third-order valence-electron chi connectivity index (χ3n) is 0.655. The minimum absolute atomic E-state index is 0. The average molecular weight is 215 g/mol. The fourth-order valence-corrected chi connectivity index (χ4v) is 0.724. The fourth-order valence-electron chi connectivity index (χ4n) is 0.241. The average Bonchev–Trinajstić information content (AvgIpc) is 1.62. The van der Waals surface area contributed by atoms with E-state index in [-0.39, 0.29) is 35.0 Å². The number of rotatable bonds is 2. The van der Waals surface area contributed by atoms with E-state index >= 15 is 0 Å². The third-order valence-corrected chi connectivity index (χ3v) is 2.62. The molecular formula is C3H8ClNaO5S. The summed E-state index contributed by atoms with van der Waals surface area (Å²) in [6.45, 7) is 1.13. The molecule has 3 N–H and O–H groups in total. The second-order valence-corrected chi connectivity index (χ2v) is 3.81. The zero-order valence-electron chi connectivity index (χ0n) is 6.11. The topological polar surface area (TPSA) is 109 Å². The summed E-state index contributed by atoms with van der Waals surface area (Å²) in [5, 5.41) is 8.45. The molecule has 5 nitrogen and oxygen atoms in total. The van der Waals surface area contributed by atoms with E-state index in [2.05, 4.69) is 0 Å². The molecule has 2 atom stereocenters. The van der Waals surface area contributed by atoms with Crippen LogP contribution in [-0.2, 0) is 10.1 Å². The third kappa shape index (κ3) is 7.48. The van der Waals surface area contributed by atoms with Gasteiger partial charge < -0.3 is 15.1 Å². The summed E-state index contributed by atoms with van der Waals surface area (Å²) in [6.07, 6.45) is -1.32. The number of hydrogen-bond donors (Lipinski definition) is 1. The summed E-state index contributed by atoms with van der Waals surface area (Å²) in [5.41, 5.74) is 0. The Morgan fingerprint density at radius 2 is 1.82 bits per heavy atom. The molecule has 0 saturated carbocycles. The largest absolute Gasteiger partial charge is 1.00 e. The van der Waals surface area contributed by atoms with E-state index in [1.54, 1.807) is 0 Å². The predicted molar refractivity (Wildman–Crippen MR) is 34.6 cm³/mol. The first-order chi connectivity index (χ1) is 3.85. The van der Waals surface area contributed by atoms with Crippen LogP contribution >= 0.6 is 11.6 Å². The molecule has 0 aromatic rings. The van der Waals surface area contributed by atoms with Crippen molar-refractivity contribution in [2.24, 2.45) is 0 Å². The van der Waals surface area contributed by atoms with Crippen molar-refractivity contribution >= 4 is 21.7 Å². The van der Waals surface area contributed by atoms with Crippen LogP contribution < -0.4 is 29.6 Å². The molecule has 0 fully saturated rings. The Morgan fingerprint density at radius 1 is 1.55 bits per heavy atom. The first-order valence-corrected chi connectivity index (χ1v) is 4.03. The quantitative estimate of drug-likeness (QED) is 0.285. The van der Waals surface area contributed by atoms with Crippen LogP contribution in [0.4, 0.5) is 0 Å². The van der Waals surface area contributed by atoms with E-state index in [9.17, 15) is 13.0 Å². The molecule has 8 heteroatoms. The molecule has 0 aromatic carbocycles. The number of aliphatic hydroxyl groups excluding tert-OH is 1. The van der Waals surface area contributed by atoms with Crippen molar-refractivity contribution in [1.29, 1.82) is 0 Å². The van der Waals surface area contributed by atoms with E-state index < -0.39 is 20.9 Å². The first kappa shape index (κ1) is 18.0. The molecule has 0 bridgehead atoms. The van der Waals surface area contributed by atoms with Gasteiger partial charge in [0.2, 0.25) is 0 Å². The van der Waals surface area contributed by atoms with E-state index in [0.717, 1.165) is 6.92 Å². The van der Waals surface area contributed by atoms with E-state index in [1.165, 1.54) is 0 Å². The predicted octanol–water partition coefficient (Wildman–Crippen LogP) is -4.34. The molecule has 2 unspecified atom stereocenters. The number of alkyl halides is 1. The molecular weight excluding hydrogens is 207 g/mol. The monoisotopic (exact) mass is 214 g/mol. The maximum absolute atomic E-state index is 9.93. The van der Waals surface area contributed by atoms with Crippen molar-refractivity contribution in [2.45, 2.75) is 17.7 Å². The standard InChI is InChI=1S/C3H7ClO4S.Na.H2O/c1-2(5)3(4)9(6,7)8;;/h2-3,5H,1H3,(H,6,7,8);;1H2/q;+1;/p-1. The van der Waals surface area contributed by atoms with Gasteiger partial charge in [0.25, 0.3) is 0 Å². The van der Waals surface area contributed by atoms with Crippen LogP contribution in [0.1, 0.15) is 6.92 Å². The van der Waals surface area contributed by atoms with Gasteiger partial charge in [-0.2, -0.15) is 0 Å². The van der Waals surface area contributed by atoms with Crippen molar-refractivity contribution in [3.8, 4) is 0 Å². The van der Waals surface area contributed by atoms with Crippen LogP contribution in [0, 0.1) is 0 Å². The van der Waals surface area contributed by atoms with E-state index in [1.807, 2.05) is 0 Å². The molecule has 11 heavy (non-hydrogen) atoms. The molecule has 0 aliphatic carbocycles. The smallest absolute Gasteiger partial charge is 0.747 e. The zero-order chi connectivity index (χ0) is 7.65. The number of hydrogen-bond acceptors (Lipinski definition) is 4. The molecule has 0 rings (SSSR count). The molecule has 64 valence electrons. The van der Waals surface area contributed by atoms with Gasteiger partial charge in [0.1, 0.15) is 14.8 Å². The molecule has 0 aromatic heterocycles. The molecule has 0 saturated heterocycles. The molecule has 0 spiro atoms. The second-order valence-electron chi connectivity index (χ2n) is 1.58. The zero-order valence-corrected chi connectivity index (χ0v) is 9.69. The van der Waals surface area contributed by atoms with Crippen LogP contribution in [0.3, 0.4) is 0 Å². The summed E-state index contributed by atoms with van der Waals surface area (Å²) in [7, 11) is -4.54. The van der Waals surface area contributed by atoms with Crippen molar-refractivity contribution in [2.75, 3.05) is 0 Å². The van der Waals surface area contributed by atoms with Crippen molar-refractivity contribution in [3.05, 3.63) is 0 Å². The maximum atomic E-state index is 9.93. The summed E-state index contributed by atoms with van der Waals surface area (Å²) in [6, 6.07) is 0. The van der Waals surface area contributed by atoms with Crippen molar-refractivity contribution in [3.63, 3.8) is 0 Å². The molecule has 0 aliphatic heterocycles. The Hall–Kier alpha value is 1.12. The van der Waals surface area contributed by atoms with Crippen LogP contribution in [0.5, 0.6) is 0 Å². The van der Waals surface area contributed by atoms with Crippen LogP contribution in [0.25, 0.3) is 0 Å². The summed E-state index contributed by atoms with van der Waals surface area (Å²) >= 11 is 4.94. The Kier molecular flexibility index (Phi) is 10.8. The molecule has 0 heterocycles. The number of aliphatic hydroxyl groups is 1. The molecule has 0 aliphatic rings. The van der Waals surface area contributed by atoms with Crippen LogP contribution in [-0.4, -0.2) is 34.4 Å². The second kappa shape index (κ2) is 6.62. The minimum Gasteiger partial charge on any atom is -0.747 e. The van der Waals surface area contributed by atoms with Gasteiger partial charge >= 0.3 is 29.6 Å². The van der Waals surface area contributed by atoms with Gasteiger partial charge in [-0.25, -0.2) is 8.42 Å². The van der Waals surface area contributed by atoms with Crippen molar-refractivity contribution in [1.82, 2.24) is 0 Å². The van der Waals surface area contributed by atoms with E-state index in [0.29, 0.717) is 0 Å². The summed E-state index contributed by atoms with van der Waals surface area (Å²) < 4.78 is 28.0. The Balaban J connectivity index is -0.000000320. The van der Waals surface area contributed by atoms with Gasteiger partial charge in [0, 0.05) is 0 Å². The van der Waals surface area contributed by atoms with Gasteiger partial charge in [0.05, 0.1) is 6.10 Å². The Bertz CT molecular complexity index is 178. The number of halogens is 1. The minimum atomic E-state index is -4.54. The van der Waals surface area contributed by atoms with Gasteiger partial charge in [-0.05, 0) is 6.92 Å². The first-order valence-electron chi connectivity index (χ1n) is 2.12. The molecule has 0 amide bonds. The van der Waals surface area contributed by atoms with E-state index in [4.69, 9.17) is 16.7 Å². The summed E-state index contributed by atoms with van der Waals surface area (Å²) in [4.78, 5) is 0. The fraction of sp³-hybridized carbons (Fsp3) is 1.00. The van der Waals surface area contributed by atoms with Gasteiger partial charge in [-0.1, -0.05) is 0 Å². The Labute approximate surface area is 92.1 Å². The van der Waals surface area contributed by atoms with Crippen molar-refractivity contribution < 1.29 is 53.1 Å². The normalized spacial score (nSPS) is 15.6. The van der Waals surface area contributed by atoms with Gasteiger partial charge in [0.15, 0.2) is 0 Å². The van der Waals surface area contributed by atoms with Gasteiger partial charge in [-0.15, -0.1) is 11.6 Å². The SMILES string of the molecule is CC(O)C(Cl)S(=O)(=O)[O-].O.[Na+]. The van der Waals surface area contributed by atoms with Crippen LogP contribution in [0.2, 0.25) is 0 Å². The maximum Gasteiger partial charge on any atom is 1.00 e. The summed E-state index contributed by atoms with van der Waals surface area (Å²) in [5.74, 6) is 0. The molecule has 0 radical (unpaired) electrons. The Morgan fingerprint density at radius 3 is 1.82 bits per heavy atom. The van der Waals surface area contributed by atoms with Crippen LogP contribution in [0.15, 0.2) is 0 Å². The van der Waals surface area contributed by atoms with Gasteiger partial charge in [-0.3, -0.25) is 0 Å².